The van der Waals surface area contributed by atoms with E-state index >= 15 is 0 Å². The van der Waals surface area contributed by atoms with Crippen molar-refractivity contribution in [3.05, 3.63) is 29.5 Å². The van der Waals surface area contributed by atoms with E-state index < -0.39 is 5.97 Å². The first-order valence-corrected chi connectivity index (χ1v) is 4.53. The summed E-state index contributed by atoms with van der Waals surface area (Å²) < 4.78 is 5.19. The number of fused-ring (bicyclic) bond motifs is 1. The monoisotopic (exact) mass is 205 g/mol. The third kappa shape index (κ3) is 1.34. The number of H-pyrrole nitrogens is 1. The highest BCUT2D eigenvalue weighted by Gasteiger charge is 2.15. The molecule has 0 fully saturated rings. The Labute approximate surface area is 86.5 Å². The smallest absolute Gasteiger partial charge is 0.352 e. The van der Waals surface area contributed by atoms with Gasteiger partial charge in [-0.3, -0.25) is 0 Å². The van der Waals surface area contributed by atoms with Gasteiger partial charge in [-0.05, 0) is 24.6 Å². The van der Waals surface area contributed by atoms with Crippen molar-refractivity contribution in [2.24, 2.45) is 0 Å². The Bertz CT molecular complexity index is 528. The summed E-state index contributed by atoms with van der Waals surface area (Å²) in [4.78, 5) is 13.8. The van der Waals surface area contributed by atoms with Crippen molar-refractivity contribution in [2.45, 2.75) is 6.92 Å². The number of aromatic carboxylic acids is 1. The van der Waals surface area contributed by atoms with Gasteiger partial charge in [0.25, 0.3) is 0 Å². The molecule has 4 heteroatoms. The summed E-state index contributed by atoms with van der Waals surface area (Å²) in [5.41, 5.74) is 1.70. The zero-order chi connectivity index (χ0) is 11.0. The van der Waals surface area contributed by atoms with Gasteiger partial charge in [0.1, 0.15) is 11.4 Å². The fourth-order valence-corrected chi connectivity index (χ4v) is 1.76. The SMILES string of the molecule is COc1cccc2[nH]c(C(=O)O)c(C)c12. The van der Waals surface area contributed by atoms with Crippen molar-refractivity contribution in [2.75, 3.05) is 7.11 Å². The molecule has 0 radical (unpaired) electrons. The molecule has 0 aliphatic heterocycles. The Morgan fingerprint density at radius 3 is 2.80 bits per heavy atom. The molecule has 15 heavy (non-hydrogen) atoms. The van der Waals surface area contributed by atoms with Gasteiger partial charge >= 0.3 is 5.97 Å². The second-order valence-electron chi connectivity index (χ2n) is 3.31. The van der Waals surface area contributed by atoms with Gasteiger partial charge in [0.2, 0.25) is 0 Å². The first kappa shape index (κ1) is 9.58. The third-order valence-corrected chi connectivity index (χ3v) is 2.47. The summed E-state index contributed by atoms with van der Waals surface area (Å²) in [5.74, 6) is -0.264. The number of aromatic amines is 1. The predicted octanol–water partition coefficient (Wildman–Crippen LogP) is 2.18. The van der Waals surface area contributed by atoms with Crippen molar-refractivity contribution in [3.8, 4) is 5.75 Å². The highest BCUT2D eigenvalue weighted by molar-refractivity contribution is 5.99. The Morgan fingerprint density at radius 1 is 1.47 bits per heavy atom. The van der Waals surface area contributed by atoms with Crippen LogP contribution in [0.15, 0.2) is 18.2 Å². The molecular formula is C11H11NO3. The van der Waals surface area contributed by atoms with E-state index in [1.54, 1.807) is 14.0 Å². The summed E-state index contributed by atoms with van der Waals surface area (Å²) in [5, 5.41) is 9.79. The maximum atomic E-state index is 10.9. The van der Waals surface area contributed by atoms with Crippen LogP contribution in [-0.2, 0) is 0 Å². The molecule has 2 rings (SSSR count). The summed E-state index contributed by atoms with van der Waals surface area (Å²) in [6.07, 6.45) is 0. The van der Waals surface area contributed by atoms with Gasteiger partial charge in [-0.25, -0.2) is 4.79 Å². The molecular weight excluding hydrogens is 194 g/mol. The number of hydrogen-bond acceptors (Lipinski definition) is 2. The molecule has 0 unspecified atom stereocenters. The molecule has 0 saturated heterocycles. The number of aryl methyl sites for hydroxylation is 1. The number of aromatic nitrogens is 1. The molecule has 0 spiro atoms. The van der Waals surface area contributed by atoms with Crippen molar-refractivity contribution in [3.63, 3.8) is 0 Å². The molecule has 0 aliphatic rings. The van der Waals surface area contributed by atoms with Gasteiger partial charge in [-0.2, -0.15) is 0 Å². The molecule has 1 aromatic carbocycles. The van der Waals surface area contributed by atoms with E-state index in [9.17, 15) is 4.79 Å². The Hall–Kier alpha value is -1.97. The van der Waals surface area contributed by atoms with E-state index in [0.29, 0.717) is 11.3 Å². The normalized spacial score (nSPS) is 10.5. The van der Waals surface area contributed by atoms with Crippen molar-refractivity contribution < 1.29 is 14.6 Å². The fourth-order valence-electron chi connectivity index (χ4n) is 1.76. The van der Waals surface area contributed by atoms with Crippen molar-refractivity contribution in [1.29, 1.82) is 0 Å². The molecule has 1 aromatic heterocycles. The Balaban J connectivity index is 2.82. The van der Waals surface area contributed by atoms with Crippen LogP contribution < -0.4 is 4.74 Å². The van der Waals surface area contributed by atoms with E-state index in [1.807, 2.05) is 18.2 Å². The second kappa shape index (κ2) is 3.31. The molecule has 0 aliphatic carbocycles. The summed E-state index contributed by atoms with van der Waals surface area (Å²) in [6.45, 7) is 1.77. The zero-order valence-electron chi connectivity index (χ0n) is 8.50. The fraction of sp³-hybridized carbons (Fsp3) is 0.182. The van der Waals surface area contributed by atoms with E-state index in [1.165, 1.54) is 0 Å². The van der Waals surface area contributed by atoms with E-state index in [2.05, 4.69) is 4.98 Å². The van der Waals surface area contributed by atoms with Crippen LogP contribution in [0.5, 0.6) is 5.75 Å². The van der Waals surface area contributed by atoms with E-state index in [4.69, 9.17) is 9.84 Å². The molecule has 0 saturated carbocycles. The number of ether oxygens (including phenoxy) is 1. The highest BCUT2D eigenvalue weighted by Crippen LogP contribution is 2.30. The number of nitrogens with one attached hydrogen (secondary N) is 1. The van der Waals surface area contributed by atoms with Crippen LogP contribution in [0.2, 0.25) is 0 Å². The number of methoxy groups -OCH3 is 1. The maximum absolute atomic E-state index is 10.9. The Kier molecular flexibility index (Phi) is 2.11. The second-order valence-corrected chi connectivity index (χ2v) is 3.31. The minimum absolute atomic E-state index is 0.217. The van der Waals surface area contributed by atoms with E-state index in [-0.39, 0.29) is 5.69 Å². The largest absolute Gasteiger partial charge is 0.496 e. The van der Waals surface area contributed by atoms with Crippen molar-refractivity contribution in [1.82, 2.24) is 4.98 Å². The van der Waals surface area contributed by atoms with Gasteiger partial charge in [0.05, 0.1) is 12.6 Å². The highest BCUT2D eigenvalue weighted by atomic mass is 16.5. The summed E-state index contributed by atoms with van der Waals surface area (Å²) >= 11 is 0. The Morgan fingerprint density at radius 2 is 2.20 bits per heavy atom. The van der Waals surface area contributed by atoms with Crippen LogP contribution in [0.25, 0.3) is 10.9 Å². The van der Waals surface area contributed by atoms with Crippen LogP contribution in [-0.4, -0.2) is 23.2 Å². The van der Waals surface area contributed by atoms with Gasteiger partial charge < -0.3 is 14.8 Å². The molecule has 4 nitrogen and oxygen atoms in total. The minimum atomic E-state index is -0.953. The molecule has 2 N–H and O–H groups in total. The van der Waals surface area contributed by atoms with E-state index in [0.717, 1.165) is 10.9 Å². The third-order valence-electron chi connectivity index (χ3n) is 2.47. The van der Waals surface area contributed by atoms with Gasteiger partial charge in [-0.15, -0.1) is 0 Å². The lowest BCUT2D eigenvalue weighted by Gasteiger charge is -2.01. The molecule has 0 amide bonds. The summed E-state index contributed by atoms with van der Waals surface area (Å²) in [7, 11) is 1.57. The predicted molar refractivity (Wildman–Crippen MR) is 56.5 cm³/mol. The van der Waals surface area contributed by atoms with Crippen LogP contribution in [0.3, 0.4) is 0 Å². The number of carbonyl (C=O) groups is 1. The molecule has 78 valence electrons. The average molecular weight is 205 g/mol. The lowest BCUT2D eigenvalue weighted by Crippen LogP contribution is -1.98. The number of rotatable bonds is 2. The van der Waals surface area contributed by atoms with Crippen LogP contribution >= 0.6 is 0 Å². The maximum Gasteiger partial charge on any atom is 0.352 e. The van der Waals surface area contributed by atoms with Crippen LogP contribution in [0.4, 0.5) is 0 Å². The van der Waals surface area contributed by atoms with Gasteiger partial charge in [0, 0.05) is 5.39 Å². The lowest BCUT2D eigenvalue weighted by molar-refractivity contribution is 0.0691. The first-order valence-electron chi connectivity index (χ1n) is 4.53. The zero-order valence-corrected chi connectivity index (χ0v) is 8.50. The topological polar surface area (TPSA) is 62.3 Å². The number of benzene rings is 1. The van der Waals surface area contributed by atoms with Gasteiger partial charge in [0.15, 0.2) is 0 Å². The number of hydrogen-bond donors (Lipinski definition) is 2. The molecule has 0 atom stereocenters. The lowest BCUT2D eigenvalue weighted by atomic mass is 10.1. The molecule has 0 bridgehead atoms. The standard InChI is InChI=1S/C11H11NO3/c1-6-9-7(12-10(6)11(13)14)4-3-5-8(9)15-2/h3-5,12H,1-2H3,(H,13,14). The van der Waals surface area contributed by atoms with Crippen molar-refractivity contribution >= 4 is 16.9 Å². The van der Waals surface area contributed by atoms with Crippen LogP contribution in [0.1, 0.15) is 16.1 Å². The number of carboxylic acids is 1. The summed E-state index contributed by atoms with van der Waals surface area (Å²) in [6, 6.07) is 5.47. The number of carboxylic acid groups (broad SMARTS) is 1. The quantitative estimate of drug-likeness (QED) is 0.789. The first-order chi connectivity index (χ1) is 7.15. The minimum Gasteiger partial charge on any atom is -0.496 e. The van der Waals surface area contributed by atoms with Crippen LogP contribution in [0, 0.1) is 6.92 Å². The molecule has 2 aromatic rings. The van der Waals surface area contributed by atoms with Gasteiger partial charge in [-0.1, -0.05) is 6.07 Å². The molecule has 1 heterocycles. The average Bonchev–Trinajstić information content (AvgIpc) is 2.56.